The lowest BCUT2D eigenvalue weighted by Gasteiger charge is -2.57. The molecule has 3 nitrogen and oxygen atoms in total. The maximum Gasteiger partial charge on any atom is 0.306 e. The topological polar surface area (TPSA) is 43.4 Å². The molecule has 3 heteroatoms. The van der Waals surface area contributed by atoms with Crippen molar-refractivity contribution < 1.29 is 14.3 Å². The van der Waals surface area contributed by atoms with Crippen molar-refractivity contribution in [1.82, 2.24) is 0 Å². The summed E-state index contributed by atoms with van der Waals surface area (Å²) in [7, 11) is 0. The van der Waals surface area contributed by atoms with Crippen LogP contribution in [0.25, 0.3) is 0 Å². The van der Waals surface area contributed by atoms with Crippen LogP contribution in [0.2, 0.25) is 0 Å². The van der Waals surface area contributed by atoms with Crippen molar-refractivity contribution in [1.29, 1.82) is 0 Å². The molecule has 3 fully saturated rings. The molecule has 0 radical (unpaired) electrons. The van der Waals surface area contributed by atoms with Gasteiger partial charge in [-0.25, -0.2) is 0 Å². The molecule has 0 bridgehead atoms. The van der Waals surface area contributed by atoms with Crippen molar-refractivity contribution in [2.24, 2.45) is 28.6 Å². The molecular formula is C22H28O3. The molecule has 5 aliphatic rings. The summed E-state index contributed by atoms with van der Waals surface area (Å²) in [6.45, 7) is 4.78. The highest BCUT2D eigenvalue weighted by molar-refractivity contribution is 5.92. The van der Waals surface area contributed by atoms with Gasteiger partial charge in [0.1, 0.15) is 5.60 Å². The Hall–Kier alpha value is -1.38. The SMILES string of the molecule is C[C@]12CCC(=O)C=C1C=CC1C2CC[C@@]2(C)C1CCC21CCC(=O)O1. The van der Waals surface area contributed by atoms with E-state index in [9.17, 15) is 9.59 Å². The fourth-order valence-corrected chi connectivity index (χ4v) is 7.29. The third-order valence-corrected chi connectivity index (χ3v) is 8.85. The van der Waals surface area contributed by atoms with Crippen LogP contribution < -0.4 is 0 Å². The largest absolute Gasteiger partial charge is 0.458 e. The fraction of sp³-hybridized carbons (Fsp3) is 0.727. The average Bonchev–Trinajstić information content (AvgIpc) is 3.10. The van der Waals surface area contributed by atoms with Gasteiger partial charge in [-0.3, -0.25) is 9.59 Å². The van der Waals surface area contributed by atoms with E-state index >= 15 is 0 Å². The van der Waals surface area contributed by atoms with Crippen LogP contribution >= 0.6 is 0 Å². The summed E-state index contributed by atoms with van der Waals surface area (Å²) in [5.74, 6) is 2.08. The second-order valence-corrected chi connectivity index (χ2v) is 9.60. The van der Waals surface area contributed by atoms with Gasteiger partial charge in [-0.05, 0) is 73.3 Å². The predicted molar refractivity (Wildman–Crippen MR) is 94.7 cm³/mol. The minimum atomic E-state index is -0.201. The van der Waals surface area contributed by atoms with Gasteiger partial charge in [-0.2, -0.15) is 0 Å². The summed E-state index contributed by atoms with van der Waals surface area (Å²) in [6, 6.07) is 0. The van der Waals surface area contributed by atoms with Crippen molar-refractivity contribution in [2.45, 2.75) is 70.8 Å². The van der Waals surface area contributed by atoms with Crippen LogP contribution in [-0.2, 0) is 14.3 Å². The Morgan fingerprint density at radius 3 is 2.56 bits per heavy atom. The summed E-state index contributed by atoms with van der Waals surface area (Å²) in [5.41, 5.74) is 1.32. The van der Waals surface area contributed by atoms with Gasteiger partial charge in [-0.15, -0.1) is 0 Å². The quantitative estimate of drug-likeness (QED) is 0.615. The second-order valence-electron chi connectivity index (χ2n) is 9.60. The number of carbonyl (C=O) groups excluding carboxylic acids is 2. The standard InChI is InChI=1S/C22H28O3/c1-20-9-5-15(23)13-14(20)3-4-16-17(20)6-10-21(2)18(16)7-11-22(21)12-8-19(24)25-22/h3-4,13,16-18H,5-12H2,1-2H3/t16?,17?,18?,20-,21-,22?/m0/s1. The summed E-state index contributed by atoms with van der Waals surface area (Å²) in [4.78, 5) is 23.8. The van der Waals surface area contributed by atoms with Gasteiger partial charge in [0.15, 0.2) is 5.78 Å². The molecule has 0 amide bonds. The Kier molecular flexibility index (Phi) is 3.08. The van der Waals surface area contributed by atoms with Gasteiger partial charge in [0.25, 0.3) is 0 Å². The third-order valence-electron chi connectivity index (χ3n) is 8.85. The van der Waals surface area contributed by atoms with Crippen molar-refractivity contribution in [3.8, 4) is 0 Å². The molecule has 4 aliphatic carbocycles. The molecule has 2 saturated carbocycles. The van der Waals surface area contributed by atoms with E-state index in [1.165, 1.54) is 18.4 Å². The van der Waals surface area contributed by atoms with Gasteiger partial charge >= 0.3 is 5.97 Å². The first-order valence-corrected chi connectivity index (χ1v) is 10.0. The molecule has 0 aromatic carbocycles. The van der Waals surface area contributed by atoms with Crippen LogP contribution in [0.5, 0.6) is 0 Å². The van der Waals surface area contributed by atoms with Gasteiger partial charge < -0.3 is 4.74 Å². The van der Waals surface area contributed by atoms with Crippen molar-refractivity contribution >= 4 is 11.8 Å². The number of allylic oxidation sites excluding steroid dienone is 4. The zero-order valence-corrected chi connectivity index (χ0v) is 15.3. The van der Waals surface area contributed by atoms with E-state index in [-0.39, 0.29) is 28.2 Å². The highest BCUT2D eigenvalue weighted by Crippen LogP contribution is 2.68. The highest BCUT2D eigenvalue weighted by Gasteiger charge is 2.66. The van der Waals surface area contributed by atoms with E-state index in [1.54, 1.807) is 0 Å². The average molecular weight is 340 g/mol. The van der Waals surface area contributed by atoms with Crippen LogP contribution in [0.3, 0.4) is 0 Å². The summed E-state index contributed by atoms with van der Waals surface area (Å²) in [5, 5.41) is 0. The Balaban J connectivity index is 1.53. The Morgan fingerprint density at radius 1 is 1.00 bits per heavy atom. The van der Waals surface area contributed by atoms with Crippen LogP contribution in [0.1, 0.15) is 65.2 Å². The lowest BCUT2D eigenvalue weighted by atomic mass is 9.48. The first-order valence-electron chi connectivity index (χ1n) is 10.0. The highest BCUT2D eigenvalue weighted by atomic mass is 16.6. The number of fused-ring (bicyclic) bond motifs is 6. The maximum atomic E-state index is 11.9. The molecular weight excluding hydrogens is 312 g/mol. The van der Waals surface area contributed by atoms with E-state index in [0.717, 1.165) is 25.7 Å². The van der Waals surface area contributed by atoms with E-state index < -0.39 is 0 Å². The van der Waals surface area contributed by atoms with Gasteiger partial charge in [0, 0.05) is 18.3 Å². The molecule has 134 valence electrons. The van der Waals surface area contributed by atoms with Crippen LogP contribution in [-0.4, -0.2) is 17.4 Å². The van der Waals surface area contributed by atoms with Gasteiger partial charge in [0.2, 0.25) is 0 Å². The zero-order chi connectivity index (χ0) is 17.4. The molecule has 1 aliphatic heterocycles. The van der Waals surface area contributed by atoms with Crippen LogP contribution in [0.15, 0.2) is 23.8 Å². The number of hydrogen-bond donors (Lipinski definition) is 0. The zero-order valence-electron chi connectivity index (χ0n) is 15.3. The van der Waals surface area contributed by atoms with E-state index in [0.29, 0.717) is 30.6 Å². The lowest BCUT2D eigenvalue weighted by molar-refractivity contribution is -0.165. The number of rotatable bonds is 0. The Labute approximate surface area is 149 Å². The molecule has 1 spiro atoms. The molecule has 4 unspecified atom stereocenters. The monoisotopic (exact) mass is 340 g/mol. The minimum absolute atomic E-state index is 0.00570. The van der Waals surface area contributed by atoms with Crippen molar-refractivity contribution in [2.75, 3.05) is 0 Å². The smallest absolute Gasteiger partial charge is 0.306 e. The van der Waals surface area contributed by atoms with Gasteiger partial charge in [-0.1, -0.05) is 26.0 Å². The number of ketones is 1. The number of ether oxygens (including phenoxy) is 1. The van der Waals surface area contributed by atoms with Crippen molar-refractivity contribution in [3.05, 3.63) is 23.8 Å². The first-order chi connectivity index (χ1) is 11.9. The molecule has 0 aromatic heterocycles. The molecule has 25 heavy (non-hydrogen) atoms. The first kappa shape index (κ1) is 15.8. The van der Waals surface area contributed by atoms with Crippen LogP contribution in [0.4, 0.5) is 0 Å². The maximum absolute atomic E-state index is 11.9. The predicted octanol–water partition coefficient (Wildman–Crippen LogP) is 4.37. The second kappa shape index (κ2) is 4.86. The summed E-state index contributed by atoms with van der Waals surface area (Å²) >= 11 is 0. The fourth-order valence-electron chi connectivity index (χ4n) is 7.29. The molecule has 1 saturated heterocycles. The minimum Gasteiger partial charge on any atom is -0.458 e. The van der Waals surface area contributed by atoms with E-state index in [4.69, 9.17) is 4.74 Å². The molecule has 6 atom stereocenters. The molecule has 0 aromatic rings. The molecule has 1 heterocycles. The lowest BCUT2D eigenvalue weighted by Crippen LogP contribution is -2.53. The van der Waals surface area contributed by atoms with Gasteiger partial charge in [0.05, 0.1) is 0 Å². The van der Waals surface area contributed by atoms with E-state index in [2.05, 4.69) is 26.0 Å². The molecule has 5 rings (SSSR count). The normalized spacial score (nSPS) is 51.0. The number of carbonyl (C=O) groups is 2. The summed E-state index contributed by atoms with van der Waals surface area (Å²) < 4.78 is 5.99. The van der Waals surface area contributed by atoms with E-state index in [1.807, 2.05) is 6.08 Å². The number of esters is 1. The summed E-state index contributed by atoms with van der Waals surface area (Å²) in [6.07, 6.45) is 14.3. The number of hydrogen-bond acceptors (Lipinski definition) is 3. The Bertz CT molecular complexity index is 719. The van der Waals surface area contributed by atoms with Crippen LogP contribution in [0, 0.1) is 28.6 Å². The van der Waals surface area contributed by atoms with Crippen molar-refractivity contribution in [3.63, 3.8) is 0 Å². The molecule has 0 N–H and O–H groups in total. The Morgan fingerprint density at radius 2 is 1.80 bits per heavy atom. The third kappa shape index (κ3) is 1.88.